The Balaban J connectivity index is 3.15. The second kappa shape index (κ2) is 3.31. The van der Waals surface area contributed by atoms with E-state index in [1.54, 1.807) is 6.92 Å². The Labute approximate surface area is 83.8 Å². The van der Waals surface area contributed by atoms with E-state index in [0.29, 0.717) is 5.57 Å². The van der Waals surface area contributed by atoms with Crippen LogP contribution in [0.5, 0.6) is 0 Å². The molecule has 1 aliphatic rings. The van der Waals surface area contributed by atoms with E-state index in [1.165, 1.54) is 6.08 Å². The van der Waals surface area contributed by atoms with Crippen LogP contribution in [0.2, 0.25) is 0 Å². The first-order valence-electron chi connectivity index (χ1n) is 4.73. The van der Waals surface area contributed by atoms with Gasteiger partial charge in [0.2, 0.25) is 0 Å². The Morgan fingerprint density at radius 1 is 1.29 bits per heavy atom. The average Bonchev–Trinajstić information content (AvgIpc) is 2.06. The highest BCUT2D eigenvalue weighted by Gasteiger charge is 2.38. The van der Waals surface area contributed by atoms with Crippen LogP contribution in [0, 0.1) is 11.3 Å². The molecular weight excluding hydrogens is 180 g/mol. The first-order chi connectivity index (χ1) is 6.25. The fourth-order valence-corrected chi connectivity index (χ4v) is 1.52. The highest BCUT2D eigenvalue weighted by Crippen LogP contribution is 2.32. The zero-order chi connectivity index (χ0) is 11.1. The van der Waals surface area contributed by atoms with Gasteiger partial charge in [0.15, 0.2) is 11.6 Å². The van der Waals surface area contributed by atoms with E-state index in [-0.39, 0.29) is 17.0 Å². The summed E-state index contributed by atoms with van der Waals surface area (Å²) in [7, 11) is 0. The van der Waals surface area contributed by atoms with Crippen molar-refractivity contribution < 1.29 is 14.7 Å². The second-order valence-corrected chi connectivity index (χ2v) is 4.81. The van der Waals surface area contributed by atoms with Crippen LogP contribution in [0.25, 0.3) is 0 Å². The van der Waals surface area contributed by atoms with Gasteiger partial charge in [-0.1, -0.05) is 27.7 Å². The van der Waals surface area contributed by atoms with E-state index in [2.05, 4.69) is 0 Å². The number of carbonyl (C=O) groups is 2. The number of hydrogen-bond donors (Lipinski definition) is 1. The van der Waals surface area contributed by atoms with Crippen molar-refractivity contribution >= 4 is 11.6 Å². The summed E-state index contributed by atoms with van der Waals surface area (Å²) in [5.41, 5.74) is 0.182. The van der Waals surface area contributed by atoms with E-state index >= 15 is 0 Å². The van der Waals surface area contributed by atoms with Gasteiger partial charge in [-0.15, -0.1) is 0 Å². The Kier molecular flexibility index (Phi) is 2.63. The largest absolute Gasteiger partial charge is 0.384 e. The summed E-state index contributed by atoms with van der Waals surface area (Å²) in [6, 6.07) is 0. The van der Waals surface area contributed by atoms with Gasteiger partial charge in [0.25, 0.3) is 0 Å². The van der Waals surface area contributed by atoms with Crippen LogP contribution in [0.15, 0.2) is 11.6 Å². The lowest BCUT2D eigenvalue weighted by Crippen LogP contribution is -2.40. The molecule has 0 unspecified atom stereocenters. The second-order valence-electron chi connectivity index (χ2n) is 4.81. The normalized spacial score (nSPS) is 29.1. The number of ketones is 2. The topological polar surface area (TPSA) is 54.4 Å². The first kappa shape index (κ1) is 11.1. The average molecular weight is 196 g/mol. The number of Topliss-reactive ketones (excluding diaryl/α,β-unsaturated/α-hetero) is 1. The molecule has 0 aliphatic heterocycles. The summed E-state index contributed by atoms with van der Waals surface area (Å²) in [6.45, 7) is 7.24. The lowest BCUT2D eigenvalue weighted by Gasteiger charge is -2.29. The van der Waals surface area contributed by atoms with Gasteiger partial charge >= 0.3 is 0 Å². The van der Waals surface area contributed by atoms with Gasteiger partial charge in [-0.3, -0.25) is 9.59 Å². The van der Waals surface area contributed by atoms with Crippen molar-refractivity contribution in [1.29, 1.82) is 0 Å². The van der Waals surface area contributed by atoms with E-state index < -0.39 is 12.0 Å². The molecule has 1 aliphatic carbocycles. The summed E-state index contributed by atoms with van der Waals surface area (Å²) in [6.07, 6.45) is 0.126. The lowest BCUT2D eigenvalue weighted by atomic mass is 9.74. The molecule has 1 rings (SSSR count). The van der Waals surface area contributed by atoms with Crippen molar-refractivity contribution in [3.05, 3.63) is 11.6 Å². The molecule has 0 spiro atoms. The van der Waals surface area contributed by atoms with Gasteiger partial charge in [0.1, 0.15) is 6.10 Å². The van der Waals surface area contributed by atoms with Crippen molar-refractivity contribution in [1.82, 2.24) is 0 Å². The SMILES string of the molecule is C[C@@H]1C(=O)C(C(C)(C)C)=CC(=O)[C@@H]1O. The van der Waals surface area contributed by atoms with E-state index in [0.717, 1.165) is 0 Å². The Morgan fingerprint density at radius 3 is 2.21 bits per heavy atom. The maximum Gasteiger partial charge on any atom is 0.185 e. The fraction of sp³-hybridized carbons (Fsp3) is 0.636. The minimum Gasteiger partial charge on any atom is -0.384 e. The number of hydrogen-bond acceptors (Lipinski definition) is 3. The molecule has 0 heterocycles. The van der Waals surface area contributed by atoms with Crippen molar-refractivity contribution in [3.8, 4) is 0 Å². The van der Waals surface area contributed by atoms with Crippen molar-refractivity contribution in [3.63, 3.8) is 0 Å². The maximum atomic E-state index is 11.7. The monoisotopic (exact) mass is 196 g/mol. The van der Waals surface area contributed by atoms with Crippen molar-refractivity contribution in [2.45, 2.75) is 33.8 Å². The number of allylic oxidation sites excluding steroid dienone is 1. The minimum atomic E-state index is -1.16. The molecular formula is C11H16O3. The lowest BCUT2D eigenvalue weighted by molar-refractivity contribution is -0.134. The maximum absolute atomic E-state index is 11.7. The molecule has 0 fully saturated rings. The number of rotatable bonds is 0. The molecule has 78 valence electrons. The van der Waals surface area contributed by atoms with Crippen molar-refractivity contribution in [2.75, 3.05) is 0 Å². The molecule has 0 amide bonds. The standard InChI is InChI=1S/C11H16O3/c1-6-9(13)7(11(2,3)4)5-8(12)10(6)14/h5-6,10,14H,1-4H3/t6-,10-/m1/s1. The number of carbonyl (C=O) groups excluding carboxylic acids is 2. The summed E-state index contributed by atoms with van der Waals surface area (Å²) >= 11 is 0. The molecule has 3 nitrogen and oxygen atoms in total. The predicted molar refractivity (Wildman–Crippen MR) is 52.7 cm³/mol. The quantitative estimate of drug-likeness (QED) is 0.631. The molecule has 0 saturated heterocycles. The van der Waals surface area contributed by atoms with Gasteiger partial charge in [-0.2, -0.15) is 0 Å². The van der Waals surface area contributed by atoms with E-state index in [9.17, 15) is 14.7 Å². The van der Waals surface area contributed by atoms with Gasteiger partial charge in [-0.25, -0.2) is 0 Å². The smallest absolute Gasteiger partial charge is 0.185 e. The number of aliphatic hydroxyl groups is 1. The molecule has 0 bridgehead atoms. The highest BCUT2D eigenvalue weighted by molar-refractivity contribution is 6.12. The highest BCUT2D eigenvalue weighted by atomic mass is 16.3. The van der Waals surface area contributed by atoms with Crippen LogP contribution in [0.1, 0.15) is 27.7 Å². The third-order valence-corrected chi connectivity index (χ3v) is 2.54. The molecule has 2 atom stereocenters. The van der Waals surface area contributed by atoms with E-state index in [1.807, 2.05) is 20.8 Å². The fourth-order valence-electron chi connectivity index (χ4n) is 1.52. The van der Waals surface area contributed by atoms with Crippen LogP contribution >= 0.6 is 0 Å². The van der Waals surface area contributed by atoms with Crippen LogP contribution in [0.4, 0.5) is 0 Å². The molecule has 0 saturated carbocycles. The summed E-state index contributed by atoms with van der Waals surface area (Å²) in [5.74, 6) is -1.09. The molecule has 0 aromatic rings. The summed E-state index contributed by atoms with van der Waals surface area (Å²) < 4.78 is 0. The summed E-state index contributed by atoms with van der Waals surface area (Å²) in [4.78, 5) is 23.1. The molecule has 0 aromatic heterocycles. The van der Waals surface area contributed by atoms with Crippen LogP contribution in [-0.2, 0) is 9.59 Å². The predicted octanol–water partition coefficient (Wildman–Crippen LogP) is 1.11. The Bertz CT molecular complexity index is 307. The first-order valence-corrected chi connectivity index (χ1v) is 4.73. The molecule has 0 aromatic carbocycles. The van der Waals surface area contributed by atoms with Gasteiger partial charge < -0.3 is 5.11 Å². The van der Waals surface area contributed by atoms with Crippen LogP contribution in [0.3, 0.4) is 0 Å². The number of aliphatic hydroxyl groups excluding tert-OH is 1. The van der Waals surface area contributed by atoms with Gasteiger partial charge in [0.05, 0.1) is 5.92 Å². The van der Waals surface area contributed by atoms with Gasteiger partial charge in [-0.05, 0) is 11.5 Å². The van der Waals surface area contributed by atoms with Crippen molar-refractivity contribution in [2.24, 2.45) is 11.3 Å². The van der Waals surface area contributed by atoms with Crippen LogP contribution < -0.4 is 0 Å². The van der Waals surface area contributed by atoms with Crippen LogP contribution in [-0.4, -0.2) is 22.8 Å². The van der Waals surface area contributed by atoms with E-state index in [4.69, 9.17) is 0 Å². The third-order valence-electron chi connectivity index (χ3n) is 2.54. The molecule has 14 heavy (non-hydrogen) atoms. The zero-order valence-corrected chi connectivity index (χ0v) is 9.00. The Morgan fingerprint density at radius 2 is 1.79 bits per heavy atom. The molecule has 3 heteroatoms. The molecule has 0 radical (unpaired) electrons. The molecule has 1 N–H and O–H groups in total. The zero-order valence-electron chi connectivity index (χ0n) is 9.00. The Hall–Kier alpha value is -0.960. The summed E-state index contributed by atoms with van der Waals surface area (Å²) in [5, 5.41) is 9.39. The minimum absolute atomic E-state index is 0.121. The third kappa shape index (κ3) is 1.77. The van der Waals surface area contributed by atoms with Gasteiger partial charge in [0, 0.05) is 5.57 Å².